The zero-order valence-electron chi connectivity index (χ0n) is 11.5. The maximum Gasteiger partial charge on any atom is 0.0480 e. The quantitative estimate of drug-likeness (QED) is 0.733. The van der Waals surface area contributed by atoms with Crippen molar-refractivity contribution in [1.82, 2.24) is 9.88 Å². The molecule has 2 aromatic rings. The summed E-state index contributed by atoms with van der Waals surface area (Å²) in [5.74, 6) is 0. The van der Waals surface area contributed by atoms with Crippen LogP contribution in [0.3, 0.4) is 0 Å². The van der Waals surface area contributed by atoms with Gasteiger partial charge in [-0.15, -0.1) is 0 Å². The summed E-state index contributed by atoms with van der Waals surface area (Å²) in [6.45, 7) is 6.71. The molecule has 1 N–H and O–H groups in total. The first kappa shape index (κ1) is 13.2. The molecule has 18 heavy (non-hydrogen) atoms. The van der Waals surface area contributed by atoms with Crippen LogP contribution in [0.4, 0.5) is 0 Å². The lowest BCUT2D eigenvalue weighted by molar-refractivity contribution is 0.467. The summed E-state index contributed by atoms with van der Waals surface area (Å²) in [5, 5.41) is 4.95. The molecule has 0 atom stereocenters. The fourth-order valence-corrected chi connectivity index (χ4v) is 2.47. The number of hydrogen-bond donors (Lipinski definition) is 1. The van der Waals surface area contributed by atoms with Gasteiger partial charge < -0.3 is 9.88 Å². The maximum atomic E-state index is 3.62. The van der Waals surface area contributed by atoms with Gasteiger partial charge in [0, 0.05) is 24.3 Å². The van der Waals surface area contributed by atoms with E-state index in [4.69, 9.17) is 0 Å². The summed E-state index contributed by atoms with van der Waals surface area (Å²) in [4.78, 5) is 0. The molecule has 98 valence electrons. The van der Waals surface area contributed by atoms with Crippen molar-refractivity contribution in [1.29, 1.82) is 0 Å². The molecule has 0 spiro atoms. The van der Waals surface area contributed by atoms with Crippen molar-refractivity contribution < 1.29 is 0 Å². The SMILES string of the molecule is CCC(CC)NCCCn1ccc2ccccc21. The molecule has 0 unspecified atom stereocenters. The highest BCUT2D eigenvalue weighted by atomic mass is 15.0. The number of nitrogens with zero attached hydrogens (tertiary/aromatic N) is 1. The summed E-state index contributed by atoms with van der Waals surface area (Å²) in [6, 6.07) is 11.5. The predicted octanol–water partition coefficient (Wildman–Crippen LogP) is 3.81. The molecular weight excluding hydrogens is 220 g/mol. The van der Waals surface area contributed by atoms with E-state index < -0.39 is 0 Å². The first-order chi connectivity index (χ1) is 8.85. The number of rotatable bonds is 7. The number of fused-ring (bicyclic) bond motifs is 1. The first-order valence-corrected chi connectivity index (χ1v) is 7.12. The Morgan fingerprint density at radius 2 is 1.89 bits per heavy atom. The minimum atomic E-state index is 0.686. The van der Waals surface area contributed by atoms with Gasteiger partial charge >= 0.3 is 0 Å². The molecule has 1 aromatic carbocycles. The Bertz CT molecular complexity index is 469. The van der Waals surface area contributed by atoms with Gasteiger partial charge in [-0.25, -0.2) is 0 Å². The highest BCUT2D eigenvalue weighted by Crippen LogP contribution is 2.15. The van der Waals surface area contributed by atoms with Crippen LogP contribution in [0.1, 0.15) is 33.1 Å². The number of aromatic nitrogens is 1. The van der Waals surface area contributed by atoms with E-state index in [9.17, 15) is 0 Å². The normalized spacial score (nSPS) is 11.5. The number of nitrogens with one attached hydrogen (secondary N) is 1. The molecule has 0 saturated carbocycles. The molecule has 0 bridgehead atoms. The van der Waals surface area contributed by atoms with E-state index in [1.807, 2.05) is 0 Å². The van der Waals surface area contributed by atoms with Crippen LogP contribution in [0.5, 0.6) is 0 Å². The monoisotopic (exact) mass is 244 g/mol. The van der Waals surface area contributed by atoms with Gasteiger partial charge in [0.05, 0.1) is 0 Å². The van der Waals surface area contributed by atoms with Crippen molar-refractivity contribution >= 4 is 10.9 Å². The molecule has 0 saturated heterocycles. The zero-order valence-corrected chi connectivity index (χ0v) is 11.5. The molecule has 1 aromatic heterocycles. The second kappa shape index (κ2) is 6.60. The van der Waals surface area contributed by atoms with Gasteiger partial charge in [0.15, 0.2) is 0 Å². The van der Waals surface area contributed by atoms with Gasteiger partial charge in [-0.05, 0) is 43.3 Å². The number of aryl methyl sites for hydroxylation is 1. The Balaban J connectivity index is 1.83. The largest absolute Gasteiger partial charge is 0.347 e. The molecule has 1 heterocycles. The van der Waals surface area contributed by atoms with Crippen molar-refractivity contribution in [3.63, 3.8) is 0 Å². The van der Waals surface area contributed by atoms with Crippen LogP contribution in [0.25, 0.3) is 10.9 Å². The molecule has 2 heteroatoms. The second-order valence-electron chi connectivity index (χ2n) is 4.89. The molecule has 0 aliphatic rings. The van der Waals surface area contributed by atoms with Crippen molar-refractivity contribution in [2.75, 3.05) is 6.54 Å². The van der Waals surface area contributed by atoms with Crippen molar-refractivity contribution in [3.8, 4) is 0 Å². The Hall–Kier alpha value is -1.28. The average molecular weight is 244 g/mol. The third-order valence-corrected chi connectivity index (χ3v) is 3.67. The second-order valence-corrected chi connectivity index (χ2v) is 4.89. The number of benzene rings is 1. The van der Waals surface area contributed by atoms with Gasteiger partial charge in [-0.3, -0.25) is 0 Å². The minimum Gasteiger partial charge on any atom is -0.347 e. The smallest absolute Gasteiger partial charge is 0.0480 e. The summed E-state index contributed by atoms with van der Waals surface area (Å²) >= 11 is 0. The highest BCUT2D eigenvalue weighted by Gasteiger charge is 2.02. The Morgan fingerprint density at radius 3 is 2.67 bits per heavy atom. The molecule has 2 nitrogen and oxygen atoms in total. The third-order valence-electron chi connectivity index (χ3n) is 3.67. The van der Waals surface area contributed by atoms with E-state index in [2.05, 4.69) is 60.3 Å². The van der Waals surface area contributed by atoms with Crippen molar-refractivity contribution in [2.24, 2.45) is 0 Å². The van der Waals surface area contributed by atoms with Crippen LogP contribution in [0, 0.1) is 0 Å². The third kappa shape index (κ3) is 3.14. The fourth-order valence-electron chi connectivity index (χ4n) is 2.47. The number of hydrogen-bond acceptors (Lipinski definition) is 1. The Kier molecular flexibility index (Phi) is 4.82. The van der Waals surface area contributed by atoms with Crippen LogP contribution >= 0.6 is 0 Å². The average Bonchev–Trinajstić information content (AvgIpc) is 2.82. The summed E-state index contributed by atoms with van der Waals surface area (Å²) in [7, 11) is 0. The lowest BCUT2D eigenvalue weighted by Crippen LogP contribution is -2.29. The maximum absolute atomic E-state index is 3.62. The Morgan fingerprint density at radius 1 is 1.11 bits per heavy atom. The standard InChI is InChI=1S/C16H24N2/c1-3-15(4-2)17-11-7-12-18-13-10-14-8-5-6-9-16(14)18/h5-6,8-10,13,15,17H,3-4,7,11-12H2,1-2H3. The minimum absolute atomic E-state index is 0.686. The van der Waals surface area contributed by atoms with E-state index >= 15 is 0 Å². The van der Waals surface area contributed by atoms with Crippen LogP contribution in [-0.4, -0.2) is 17.2 Å². The van der Waals surface area contributed by atoms with Gasteiger partial charge in [0.25, 0.3) is 0 Å². The fraction of sp³-hybridized carbons (Fsp3) is 0.500. The topological polar surface area (TPSA) is 17.0 Å². The lowest BCUT2D eigenvalue weighted by Gasteiger charge is -2.14. The van der Waals surface area contributed by atoms with Crippen LogP contribution in [0.2, 0.25) is 0 Å². The zero-order chi connectivity index (χ0) is 12.8. The van der Waals surface area contributed by atoms with E-state index in [0.29, 0.717) is 6.04 Å². The van der Waals surface area contributed by atoms with Crippen LogP contribution < -0.4 is 5.32 Å². The van der Waals surface area contributed by atoms with Gasteiger partial charge in [0.2, 0.25) is 0 Å². The lowest BCUT2D eigenvalue weighted by atomic mass is 10.2. The summed E-state index contributed by atoms with van der Waals surface area (Å²) < 4.78 is 2.35. The van der Waals surface area contributed by atoms with E-state index in [0.717, 1.165) is 13.1 Å². The van der Waals surface area contributed by atoms with Gasteiger partial charge in [-0.2, -0.15) is 0 Å². The molecule has 0 radical (unpaired) electrons. The molecule has 0 aliphatic carbocycles. The number of para-hydroxylation sites is 1. The molecule has 2 rings (SSSR count). The van der Waals surface area contributed by atoms with E-state index in [1.54, 1.807) is 0 Å². The molecule has 0 fully saturated rings. The Labute approximate surface area is 110 Å². The molecule has 0 aliphatic heterocycles. The van der Waals surface area contributed by atoms with Gasteiger partial charge in [0.1, 0.15) is 0 Å². The molecular formula is C16H24N2. The van der Waals surface area contributed by atoms with Gasteiger partial charge in [-0.1, -0.05) is 32.0 Å². The molecule has 0 amide bonds. The van der Waals surface area contributed by atoms with E-state index in [-0.39, 0.29) is 0 Å². The van der Waals surface area contributed by atoms with Crippen LogP contribution in [-0.2, 0) is 6.54 Å². The van der Waals surface area contributed by atoms with Crippen molar-refractivity contribution in [2.45, 2.75) is 45.7 Å². The summed E-state index contributed by atoms with van der Waals surface area (Å²) in [6.07, 6.45) is 5.84. The first-order valence-electron chi connectivity index (χ1n) is 7.12. The summed E-state index contributed by atoms with van der Waals surface area (Å²) in [5.41, 5.74) is 1.35. The van der Waals surface area contributed by atoms with E-state index in [1.165, 1.54) is 30.2 Å². The van der Waals surface area contributed by atoms with Crippen molar-refractivity contribution in [3.05, 3.63) is 36.5 Å². The predicted molar refractivity (Wildman–Crippen MR) is 78.9 cm³/mol. The van der Waals surface area contributed by atoms with Crippen LogP contribution in [0.15, 0.2) is 36.5 Å². The highest BCUT2D eigenvalue weighted by molar-refractivity contribution is 5.79.